The maximum atomic E-state index is 11.7. The van der Waals surface area contributed by atoms with Crippen LogP contribution < -0.4 is 0 Å². The Morgan fingerprint density at radius 1 is 1.40 bits per heavy atom. The normalized spacial score (nSPS) is 15.3. The van der Waals surface area contributed by atoms with Crippen molar-refractivity contribution in [3.8, 4) is 0 Å². The van der Waals surface area contributed by atoms with Crippen molar-refractivity contribution in [2.24, 2.45) is 5.92 Å². The molecule has 0 amide bonds. The Labute approximate surface area is 94.2 Å². The number of hydrogen-bond donors (Lipinski definition) is 0. The van der Waals surface area contributed by atoms with E-state index in [2.05, 4.69) is 0 Å². The largest absolute Gasteiger partial charge is 0.373 e. The fraction of sp³-hybridized carbons (Fsp3) is 0.417. The van der Waals surface area contributed by atoms with Crippen LogP contribution in [0.5, 0.6) is 0 Å². The van der Waals surface area contributed by atoms with Gasteiger partial charge in [-0.3, -0.25) is 4.79 Å². The molecule has 2 rings (SSSR count). The lowest BCUT2D eigenvalue weighted by atomic mass is 10.1. The van der Waals surface area contributed by atoms with Crippen LogP contribution >= 0.6 is 11.6 Å². The van der Waals surface area contributed by atoms with Gasteiger partial charge in [-0.25, -0.2) is 0 Å². The van der Waals surface area contributed by atoms with E-state index in [0.717, 1.165) is 0 Å². The first-order valence-electron chi connectivity index (χ1n) is 5.13. The Bertz CT molecular complexity index is 358. The van der Waals surface area contributed by atoms with Crippen LogP contribution in [0.25, 0.3) is 0 Å². The molecule has 0 unspecified atom stereocenters. The van der Waals surface area contributed by atoms with Gasteiger partial charge in [-0.2, -0.15) is 0 Å². The second kappa shape index (κ2) is 4.77. The van der Waals surface area contributed by atoms with Crippen LogP contribution in [0.1, 0.15) is 23.2 Å². The summed E-state index contributed by atoms with van der Waals surface area (Å²) in [6.07, 6.45) is 2.47. The molecule has 0 aliphatic heterocycles. The molecule has 80 valence electrons. The highest BCUT2D eigenvalue weighted by atomic mass is 35.5. The third-order valence-electron chi connectivity index (χ3n) is 2.46. The summed E-state index contributed by atoms with van der Waals surface area (Å²) in [5, 5.41) is 0.498. The number of ketones is 1. The van der Waals surface area contributed by atoms with E-state index in [-0.39, 0.29) is 12.4 Å². The Kier molecular flexibility index (Phi) is 3.39. The fourth-order valence-electron chi connectivity index (χ4n) is 1.37. The molecule has 0 atom stereocenters. The number of rotatable bonds is 5. The minimum absolute atomic E-state index is 0.0405. The van der Waals surface area contributed by atoms with E-state index in [4.69, 9.17) is 16.3 Å². The molecule has 0 radical (unpaired) electrons. The average Bonchev–Trinajstić information content (AvgIpc) is 3.02. The van der Waals surface area contributed by atoms with Gasteiger partial charge in [0, 0.05) is 5.56 Å². The summed E-state index contributed by atoms with van der Waals surface area (Å²) in [5.74, 6) is 0.644. The first-order valence-corrected chi connectivity index (χ1v) is 5.50. The van der Waals surface area contributed by atoms with Gasteiger partial charge in [0.1, 0.15) is 6.61 Å². The molecule has 0 N–H and O–H groups in total. The summed E-state index contributed by atoms with van der Waals surface area (Å²) in [4.78, 5) is 11.7. The lowest BCUT2D eigenvalue weighted by molar-refractivity contribution is 0.0740. The molecule has 0 heterocycles. The molecule has 3 heteroatoms. The van der Waals surface area contributed by atoms with Gasteiger partial charge < -0.3 is 4.74 Å². The van der Waals surface area contributed by atoms with Crippen LogP contribution in [0.3, 0.4) is 0 Å². The molecule has 0 saturated heterocycles. The van der Waals surface area contributed by atoms with E-state index in [1.54, 1.807) is 18.2 Å². The molecule has 0 aromatic heterocycles. The molecule has 1 aliphatic carbocycles. The van der Waals surface area contributed by atoms with E-state index >= 15 is 0 Å². The number of benzene rings is 1. The highest BCUT2D eigenvalue weighted by molar-refractivity contribution is 6.34. The summed E-state index contributed by atoms with van der Waals surface area (Å²) >= 11 is 5.90. The molecule has 1 saturated carbocycles. The molecule has 2 nitrogen and oxygen atoms in total. The predicted octanol–water partition coefficient (Wildman–Crippen LogP) is 2.95. The van der Waals surface area contributed by atoms with Crippen molar-refractivity contribution in [1.82, 2.24) is 0 Å². The monoisotopic (exact) mass is 224 g/mol. The minimum Gasteiger partial charge on any atom is -0.373 e. The standard InChI is InChI=1S/C12H13ClO2/c13-11-4-2-1-3-10(11)12(14)8-15-7-9-5-6-9/h1-4,9H,5-8H2. The van der Waals surface area contributed by atoms with Crippen LogP contribution in [0, 0.1) is 5.92 Å². The van der Waals surface area contributed by atoms with Crippen molar-refractivity contribution in [3.05, 3.63) is 34.9 Å². The maximum absolute atomic E-state index is 11.7. The van der Waals surface area contributed by atoms with Gasteiger partial charge in [-0.05, 0) is 30.9 Å². The molecule has 1 aromatic carbocycles. The lowest BCUT2D eigenvalue weighted by Gasteiger charge is -2.04. The van der Waals surface area contributed by atoms with Crippen molar-refractivity contribution in [1.29, 1.82) is 0 Å². The zero-order valence-corrected chi connectivity index (χ0v) is 9.17. The quantitative estimate of drug-likeness (QED) is 0.719. The Morgan fingerprint density at radius 3 is 2.80 bits per heavy atom. The van der Waals surface area contributed by atoms with Crippen molar-refractivity contribution < 1.29 is 9.53 Å². The van der Waals surface area contributed by atoms with Gasteiger partial charge in [-0.1, -0.05) is 23.7 Å². The second-order valence-electron chi connectivity index (χ2n) is 3.86. The number of carbonyl (C=O) groups is 1. The van der Waals surface area contributed by atoms with E-state index in [0.29, 0.717) is 23.1 Å². The molecule has 1 fully saturated rings. The van der Waals surface area contributed by atoms with Gasteiger partial charge in [0.25, 0.3) is 0 Å². The maximum Gasteiger partial charge on any atom is 0.189 e. The van der Waals surface area contributed by atoms with E-state index in [1.165, 1.54) is 12.8 Å². The van der Waals surface area contributed by atoms with Crippen molar-refractivity contribution in [2.75, 3.05) is 13.2 Å². The number of Topliss-reactive ketones (excluding diaryl/α,β-unsaturated/α-hetero) is 1. The molecular weight excluding hydrogens is 212 g/mol. The van der Waals surface area contributed by atoms with E-state index in [1.807, 2.05) is 6.07 Å². The van der Waals surface area contributed by atoms with Crippen molar-refractivity contribution >= 4 is 17.4 Å². The first-order chi connectivity index (χ1) is 7.27. The number of ether oxygens (including phenoxy) is 1. The molecular formula is C12H13ClO2. The smallest absolute Gasteiger partial charge is 0.189 e. The van der Waals surface area contributed by atoms with Gasteiger partial charge in [-0.15, -0.1) is 0 Å². The van der Waals surface area contributed by atoms with Crippen LogP contribution in [-0.4, -0.2) is 19.0 Å². The van der Waals surface area contributed by atoms with Gasteiger partial charge in [0.2, 0.25) is 0 Å². The highest BCUT2D eigenvalue weighted by Gasteiger charge is 2.21. The van der Waals surface area contributed by atoms with Gasteiger partial charge in [0.15, 0.2) is 5.78 Å². The van der Waals surface area contributed by atoms with Crippen molar-refractivity contribution in [2.45, 2.75) is 12.8 Å². The molecule has 1 aromatic rings. The summed E-state index contributed by atoms with van der Waals surface area (Å²) in [6.45, 7) is 0.844. The fourth-order valence-corrected chi connectivity index (χ4v) is 1.61. The third-order valence-corrected chi connectivity index (χ3v) is 2.79. The van der Waals surface area contributed by atoms with E-state index < -0.39 is 0 Å². The Balaban J connectivity index is 1.86. The zero-order valence-electron chi connectivity index (χ0n) is 8.41. The summed E-state index contributed by atoms with van der Waals surface area (Å²) in [5.41, 5.74) is 0.551. The van der Waals surface area contributed by atoms with Crippen LogP contribution in [0.2, 0.25) is 5.02 Å². The summed E-state index contributed by atoms with van der Waals surface area (Å²) in [6, 6.07) is 7.06. The summed E-state index contributed by atoms with van der Waals surface area (Å²) in [7, 11) is 0. The summed E-state index contributed by atoms with van der Waals surface area (Å²) < 4.78 is 5.32. The van der Waals surface area contributed by atoms with Crippen LogP contribution in [0.4, 0.5) is 0 Å². The Hall–Kier alpha value is -0.860. The number of halogens is 1. The van der Waals surface area contributed by atoms with Crippen LogP contribution in [0.15, 0.2) is 24.3 Å². The number of hydrogen-bond acceptors (Lipinski definition) is 2. The highest BCUT2D eigenvalue weighted by Crippen LogP contribution is 2.28. The minimum atomic E-state index is -0.0405. The van der Waals surface area contributed by atoms with Crippen LogP contribution in [-0.2, 0) is 4.74 Å². The van der Waals surface area contributed by atoms with Gasteiger partial charge >= 0.3 is 0 Å². The predicted molar refractivity (Wildman–Crippen MR) is 59.3 cm³/mol. The molecule has 0 bridgehead atoms. The third kappa shape index (κ3) is 3.05. The molecule has 15 heavy (non-hydrogen) atoms. The SMILES string of the molecule is O=C(COCC1CC1)c1ccccc1Cl. The number of carbonyl (C=O) groups excluding carboxylic acids is 1. The topological polar surface area (TPSA) is 26.3 Å². The first kappa shape index (κ1) is 10.7. The second-order valence-corrected chi connectivity index (χ2v) is 4.27. The van der Waals surface area contributed by atoms with Gasteiger partial charge in [0.05, 0.1) is 11.6 Å². The van der Waals surface area contributed by atoms with E-state index in [9.17, 15) is 4.79 Å². The lowest BCUT2D eigenvalue weighted by Crippen LogP contribution is -2.10. The zero-order chi connectivity index (χ0) is 10.7. The Morgan fingerprint density at radius 2 is 2.13 bits per heavy atom. The van der Waals surface area contributed by atoms with Crippen molar-refractivity contribution in [3.63, 3.8) is 0 Å². The molecule has 1 aliphatic rings. The average molecular weight is 225 g/mol. The molecule has 0 spiro atoms.